The van der Waals surface area contributed by atoms with E-state index in [1.807, 2.05) is 48.5 Å². The highest BCUT2D eigenvalue weighted by atomic mass is 16.5. The van der Waals surface area contributed by atoms with Gasteiger partial charge in [0, 0.05) is 5.56 Å². The Balaban J connectivity index is 1.62. The Morgan fingerprint density at radius 3 is 2.37 bits per heavy atom. The van der Waals surface area contributed by atoms with Crippen molar-refractivity contribution in [2.24, 2.45) is 5.10 Å². The van der Waals surface area contributed by atoms with Gasteiger partial charge in [-0.25, -0.2) is 5.43 Å². The van der Waals surface area contributed by atoms with E-state index in [9.17, 15) is 9.59 Å². The number of hydrogen-bond donors (Lipinski definition) is 2. The van der Waals surface area contributed by atoms with Crippen LogP contribution in [-0.4, -0.2) is 31.7 Å². The number of methoxy groups -OCH3 is 1. The van der Waals surface area contributed by atoms with Gasteiger partial charge in [0.05, 0.1) is 32.4 Å². The number of rotatable bonds is 12. The van der Waals surface area contributed by atoms with E-state index < -0.39 is 6.04 Å². The van der Waals surface area contributed by atoms with Crippen molar-refractivity contribution < 1.29 is 19.1 Å². The molecule has 2 amide bonds. The molecule has 0 radical (unpaired) electrons. The lowest BCUT2D eigenvalue weighted by molar-refractivity contribution is -0.121. The van der Waals surface area contributed by atoms with Gasteiger partial charge < -0.3 is 14.8 Å². The van der Waals surface area contributed by atoms with Crippen molar-refractivity contribution in [3.8, 4) is 11.5 Å². The van der Waals surface area contributed by atoms with Gasteiger partial charge in [-0.05, 0) is 47.9 Å². The van der Waals surface area contributed by atoms with Crippen LogP contribution in [0.15, 0.2) is 84.0 Å². The second-order valence-corrected chi connectivity index (χ2v) is 7.91. The van der Waals surface area contributed by atoms with Gasteiger partial charge in [0.2, 0.25) is 5.91 Å². The highest BCUT2D eigenvalue weighted by molar-refractivity contribution is 5.94. The van der Waals surface area contributed by atoms with E-state index in [0.29, 0.717) is 23.7 Å². The molecule has 1 atom stereocenters. The number of hydrogen-bond acceptors (Lipinski definition) is 5. The number of carbonyl (C=O) groups is 2. The van der Waals surface area contributed by atoms with E-state index in [1.165, 1.54) is 6.21 Å². The maximum Gasteiger partial charge on any atom is 0.251 e. The smallest absolute Gasteiger partial charge is 0.251 e. The summed E-state index contributed by atoms with van der Waals surface area (Å²) in [6.07, 6.45) is 3.59. The summed E-state index contributed by atoms with van der Waals surface area (Å²) in [7, 11) is 1.58. The van der Waals surface area contributed by atoms with Crippen LogP contribution in [0.2, 0.25) is 0 Å². The van der Waals surface area contributed by atoms with Crippen LogP contribution in [0.3, 0.4) is 0 Å². The van der Waals surface area contributed by atoms with Crippen LogP contribution < -0.4 is 20.2 Å². The van der Waals surface area contributed by atoms with Crippen LogP contribution in [-0.2, 0) is 4.79 Å². The number of amides is 2. The Labute approximate surface area is 206 Å². The minimum Gasteiger partial charge on any atom is -0.493 e. The number of benzene rings is 3. The van der Waals surface area contributed by atoms with Gasteiger partial charge >= 0.3 is 0 Å². The van der Waals surface area contributed by atoms with E-state index in [2.05, 4.69) is 22.8 Å². The summed E-state index contributed by atoms with van der Waals surface area (Å²) in [5.74, 6) is 0.699. The minimum atomic E-state index is -0.501. The summed E-state index contributed by atoms with van der Waals surface area (Å²) in [5.41, 5.74) is 4.66. The second-order valence-electron chi connectivity index (χ2n) is 7.91. The Bertz CT molecular complexity index is 1120. The normalized spacial score (nSPS) is 11.6. The number of carbonyl (C=O) groups excluding carboxylic acids is 2. The van der Waals surface area contributed by atoms with Crippen molar-refractivity contribution in [2.45, 2.75) is 32.2 Å². The fourth-order valence-electron chi connectivity index (χ4n) is 3.39. The monoisotopic (exact) mass is 473 g/mol. The molecule has 0 aliphatic carbocycles. The predicted molar refractivity (Wildman–Crippen MR) is 137 cm³/mol. The summed E-state index contributed by atoms with van der Waals surface area (Å²) < 4.78 is 11.1. The van der Waals surface area contributed by atoms with Crippen molar-refractivity contribution in [3.05, 3.63) is 95.6 Å². The second kappa shape index (κ2) is 13.5. The Morgan fingerprint density at radius 2 is 1.69 bits per heavy atom. The molecule has 3 aromatic rings. The highest BCUT2D eigenvalue weighted by Crippen LogP contribution is 2.27. The number of nitrogens with zero attached hydrogens (tertiary/aromatic N) is 1. The lowest BCUT2D eigenvalue weighted by Crippen LogP contribution is -2.32. The molecule has 3 aromatic carbocycles. The third kappa shape index (κ3) is 7.99. The number of hydrazone groups is 1. The summed E-state index contributed by atoms with van der Waals surface area (Å²) in [6, 6.07) is 23.2. The Kier molecular flexibility index (Phi) is 9.87. The number of unbranched alkanes of at least 4 members (excludes halogenated alkanes) is 1. The van der Waals surface area contributed by atoms with Crippen molar-refractivity contribution in [1.82, 2.24) is 10.7 Å². The average Bonchev–Trinajstić information content (AvgIpc) is 2.90. The zero-order valence-corrected chi connectivity index (χ0v) is 20.1. The molecule has 0 heterocycles. The Hall–Kier alpha value is -4.13. The lowest BCUT2D eigenvalue weighted by atomic mass is 10.0. The summed E-state index contributed by atoms with van der Waals surface area (Å²) in [4.78, 5) is 25.3. The molecule has 3 rings (SSSR count). The summed E-state index contributed by atoms with van der Waals surface area (Å²) in [6.45, 7) is 2.73. The molecule has 0 fully saturated rings. The average molecular weight is 474 g/mol. The first-order valence-electron chi connectivity index (χ1n) is 11.6. The molecular weight excluding hydrogens is 442 g/mol. The van der Waals surface area contributed by atoms with Crippen LogP contribution in [0.4, 0.5) is 0 Å². The molecule has 7 heteroatoms. The lowest BCUT2D eigenvalue weighted by Gasteiger charge is -2.18. The minimum absolute atomic E-state index is 0.0352. The standard InChI is InChI=1S/C28H31N3O4/c1-3-4-17-35-25-16-15-21(18-26(25)34-2)20-29-31-27(32)19-24(22-11-7-5-8-12-22)30-28(33)23-13-9-6-10-14-23/h5-16,18,20,24H,3-4,17,19H2,1-2H3,(H,30,33)(H,31,32)/b29-20-/t24-/m0/s1. The quantitative estimate of drug-likeness (QED) is 0.223. The first-order valence-corrected chi connectivity index (χ1v) is 11.6. The molecule has 0 aliphatic heterocycles. The van der Waals surface area contributed by atoms with Crippen molar-refractivity contribution in [3.63, 3.8) is 0 Å². The van der Waals surface area contributed by atoms with E-state index >= 15 is 0 Å². The third-order valence-corrected chi connectivity index (χ3v) is 5.28. The van der Waals surface area contributed by atoms with Gasteiger partial charge in [0.15, 0.2) is 11.5 Å². The molecule has 0 aromatic heterocycles. The molecule has 0 unspecified atom stereocenters. The van der Waals surface area contributed by atoms with E-state index in [1.54, 1.807) is 37.4 Å². The molecule has 35 heavy (non-hydrogen) atoms. The molecule has 0 spiro atoms. The van der Waals surface area contributed by atoms with Crippen LogP contribution in [0, 0.1) is 0 Å². The SMILES string of the molecule is CCCCOc1ccc(/C=N\NC(=O)C[C@H](NC(=O)c2ccccc2)c2ccccc2)cc1OC. The van der Waals surface area contributed by atoms with Crippen LogP contribution in [0.5, 0.6) is 11.5 Å². The van der Waals surface area contributed by atoms with Gasteiger partial charge in [-0.3, -0.25) is 9.59 Å². The number of ether oxygens (including phenoxy) is 2. The highest BCUT2D eigenvalue weighted by Gasteiger charge is 2.19. The maximum atomic E-state index is 12.7. The molecule has 0 aliphatic rings. The molecule has 2 N–H and O–H groups in total. The molecule has 0 saturated carbocycles. The Morgan fingerprint density at radius 1 is 0.971 bits per heavy atom. The van der Waals surface area contributed by atoms with Crippen molar-refractivity contribution in [2.75, 3.05) is 13.7 Å². The van der Waals surface area contributed by atoms with Gasteiger partial charge in [-0.1, -0.05) is 61.9 Å². The molecule has 7 nitrogen and oxygen atoms in total. The largest absolute Gasteiger partial charge is 0.493 e. The fraction of sp³-hybridized carbons (Fsp3) is 0.250. The van der Waals surface area contributed by atoms with Crippen molar-refractivity contribution in [1.29, 1.82) is 0 Å². The molecule has 0 bridgehead atoms. The van der Waals surface area contributed by atoms with E-state index in [-0.39, 0.29) is 18.2 Å². The zero-order valence-electron chi connectivity index (χ0n) is 20.1. The van der Waals surface area contributed by atoms with Gasteiger partial charge in [0.1, 0.15) is 0 Å². The molecule has 0 saturated heterocycles. The van der Waals surface area contributed by atoms with Gasteiger partial charge in [0.25, 0.3) is 5.91 Å². The third-order valence-electron chi connectivity index (χ3n) is 5.28. The first-order chi connectivity index (χ1) is 17.1. The van der Waals surface area contributed by atoms with Crippen LogP contribution >= 0.6 is 0 Å². The topological polar surface area (TPSA) is 89.0 Å². The van der Waals surface area contributed by atoms with Crippen LogP contribution in [0.25, 0.3) is 0 Å². The number of nitrogens with one attached hydrogen (secondary N) is 2. The van der Waals surface area contributed by atoms with Crippen LogP contribution in [0.1, 0.15) is 53.7 Å². The molecular formula is C28H31N3O4. The maximum absolute atomic E-state index is 12.7. The van der Waals surface area contributed by atoms with Crippen molar-refractivity contribution >= 4 is 18.0 Å². The zero-order chi connectivity index (χ0) is 24.9. The van der Waals surface area contributed by atoms with E-state index in [4.69, 9.17) is 9.47 Å². The van der Waals surface area contributed by atoms with Gasteiger partial charge in [-0.2, -0.15) is 5.10 Å². The fourth-order valence-corrected chi connectivity index (χ4v) is 3.39. The summed E-state index contributed by atoms with van der Waals surface area (Å²) in [5, 5.41) is 7.02. The molecule has 182 valence electrons. The van der Waals surface area contributed by atoms with E-state index in [0.717, 1.165) is 24.0 Å². The predicted octanol–water partition coefficient (Wildman–Crippen LogP) is 4.89. The van der Waals surface area contributed by atoms with Gasteiger partial charge in [-0.15, -0.1) is 0 Å². The summed E-state index contributed by atoms with van der Waals surface area (Å²) >= 11 is 0. The first kappa shape index (κ1) is 25.5.